The molecule has 0 aromatic heterocycles. The van der Waals surface area contributed by atoms with Crippen LogP contribution in [0.25, 0.3) is 0 Å². The van der Waals surface area contributed by atoms with Gasteiger partial charge in [-0.1, -0.05) is 50.2 Å². The van der Waals surface area contributed by atoms with Crippen molar-refractivity contribution in [2.75, 3.05) is 0 Å². The summed E-state index contributed by atoms with van der Waals surface area (Å²) in [6.45, 7) is 1.86. The Morgan fingerprint density at radius 2 is 1.33 bits per heavy atom. The molecule has 18 heavy (non-hydrogen) atoms. The fourth-order valence-corrected chi connectivity index (χ4v) is 2.26. The third-order valence-corrected chi connectivity index (χ3v) is 3.30. The van der Waals surface area contributed by atoms with Gasteiger partial charge < -0.3 is 4.74 Å². The first-order valence-corrected chi connectivity index (χ1v) is 6.55. The van der Waals surface area contributed by atoms with Crippen molar-refractivity contribution in [3.63, 3.8) is 0 Å². The third-order valence-electron chi connectivity index (χ3n) is 3.30. The molecular formula is C15H18O3. The van der Waals surface area contributed by atoms with Gasteiger partial charge in [-0.15, -0.1) is 0 Å². The molecule has 1 heterocycles. The molecule has 3 heteroatoms. The van der Waals surface area contributed by atoms with Gasteiger partial charge >= 0.3 is 11.9 Å². The fourth-order valence-electron chi connectivity index (χ4n) is 2.26. The predicted octanol–water partition coefficient (Wildman–Crippen LogP) is 3.65. The largest absolute Gasteiger partial charge is 0.386 e. The minimum absolute atomic E-state index is 0.366. The van der Waals surface area contributed by atoms with Gasteiger partial charge in [-0.25, -0.2) is 9.59 Å². The number of ether oxygens (including phenoxy) is 1. The Morgan fingerprint density at radius 1 is 0.833 bits per heavy atom. The van der Waals surface area contributed by atoms with E-state index in [-0.39, 0.29) is 0 Å². The minimum Gasteiger partial charge on any atom is -0.386 e. The van der Waals surface area contributed by atoms with E-state index in [1.54, 1.807) is 18.2 Å². The zero-order valence-corrected chi connectivity index (χ0v) is 10.7. The first kappa shape index (κ1) is 12.8. The number of cyclic esters (lactones) is 2. The first-order chi connectivity index (χ1) is 8.68. The molecule has 1 aromatic carbocycles. The van der Waals surface area contributed by atoms with Crippen molar-refractivity contribution in [3.05, 3.63) is 34.9 Å². The van der Waals surface area contributed by atoms with Gasteiger partial charge in [0, 0.05) is 0 Å². The fraction of sp³-hybridized carbons (Fsp3) is 0.467. The van der Waals surface area contributed by atoms with Gasteiger partial charge in [-0.3, -0.25) is 0 Å². The summed E-state index contributed by atoms with van der Waals surface area (Å²) < 4.78 is 4.41. The highest BCUT2D eigenvalue weighted by Gasteiger charge is 2.28. The molecule has 1 aliphatic heterocycles. The molecule has 0 N–H and O–H groups in total. The molecule has 3 rings (SSSR count). The molecule has 1 aromatic rings. The standard InChI is InChI=1S/C9H6O3.C6H12/c1-5-2-3-6-7(4-5)9(11)12-8(6)10;1-2-4-6-5-3-1/h2-4H,1H3;1-6H2. The maximum atomic E-state index is 11.0. The summed E-state index contributed by atoms with van der Waals surface area (Å²) >= 11 is 0. The molecule has 0 unspecified atom stereocenters. The number of fused-ring (bicyclic) bond motifs is 1. The monoisotopic (exact) mass is 246 g/mol. The number of carbonyl (C=O) groups excluding carboxylic acids is 2. The lowest BCUT2D eigenvalue weighted by Crippen LogP contribution is -1.96. The second-order valence-electron chi connectivity index (χ2n) is 4.85. The SMILES string of the molecule is C1CCCCC1.Cc1ccc2c(c1)C(=O)OC2=O. The van der Waals surface area contributed by atoms with Crippen LogP contribution < -0.4 is 0 Å². The predicted molar refractivity (Wildman–Crippen MR) is 68.6 cm³/mol. The maximum absolute atomic E-state index is 11.0. The average molecular weight is 246 g/mol. The van der Waals surface area contributed by atoms with Gasteiger partial charge in [0.15, 0.2) is 0 Å². The highest BCUT2D eigenvalue weighted by Crippen LogP contribution is 2.20. The number of carbonyl (C=O) groups is 2. The molecule has 0 bridgehead atoms. The lowest BCUT2D eigenvalue weighted by molar-refractivity contribution is 0.0444. The number of hydrogen-bond donors (Lipinski definition) is 0. The summed E-state index contributed by atoms with van der Waals surface area (Å²) in [4.78, 5) is 21.9. The van der Waals surface area contributed by atoms with Crippen LogP contribution >= 0.6 is 0 Å². The van der Waals surface area contributed by atoms with Crippen LogP contribution in [0.4, 0.5) is 0 Å². The Hall–Kier alpha value is -1.64. The normalized spacial score (nSPS) is 17.6. The van der Waals surface area contributed by atoms with Crippen molar-refractivity contribution < 1.29 is 14.3 Å². The van der Waals surface area contributed by atoms with Crippen LogP contribution in [-0.4, -0.2) is 11.9 Å². The van der Waals surface area contributed by atoms with Gasteiger partial charge in [-0.05, 0) is 19.1 Å². The van der Waals surface area contributed by atoms with E-state index in [0.717, 1.165) is 5.56 Å². The Kier molecular flexibility index (Phi) is 4.13. The Morgan fingerprint density at radius 3 is 1.89 bits per heavy atom. The van der Waals surface area contributed by atoms with Crippen LogP contribution in [0.1, 0.15) is 64.8 Å². The van der Waals surface area contributed by atoms with Crippen LogP contribution in [0.15, 0.2) is 18.2 Å². The smallest absolute Gasteiger partial charge is 0.346 e. The molecule has 0 radical (unpaired) electrons. The minimum atomic E-state index is -0.546. The zero-order chi connectivity index (χ0) is 13.0. The Labute approximate surface area is 107 Å². The topological polar surface area (TPSA) is 43.4 Å². The second kappa shape index (κ2) is 5.80. The highest BCUT2D eigenvalue weighted by molar-refractivity contribution is 6.14. The van der Waals surface area contributed by atoms with Crippen molar-refractivity contribution in [2.24, 2.45) is 0 Å². The van der Waals surface area contributed by atoms with Gasteiger partial charge in [0.25, 0.3) is 0 Å². The quantitative estimate of drug-likeness (QED) is 0.518. The maximum Gasteiger partial charge on any atom is 0.346 e. The lowest BCUT2D eigenvalue weighted by atomic mass is 10.0. The van der Waals surface area contributed by atoms with Crippen molar-refractivity contribution in [1.82, 2.24) is 0 Å². The van der Waals surface area contributed by atoms with Gasteiger partial charge in [0.05, 0.1) is 11.1 Å². The van der Waals surface area contributed by atoms with E-state index in [2.05, 4.69) is 4.74 Å². The second-order valence-corrected chi connectivity index (χ2v) is 4.85. The number of rotatable bonds is 0. The molecule has 96 valence electrons. The Bertz CT molecular complexity index is 447. The van der Waals surface area contributed by atoms with Gasteiger partial charge in [-0.2, -0.15) is 0 Å². The molecule has 2 aliphatic rings. The van der Waals surface area contributed by atoms with Gasteiger partial charge in [0.1, 0.15) is 0 Å². The van der Waals surface area contributed by atoms with Crippen LogP contribution in [-0.2, 0) is 4.74 Å². The molecule has 0 spiro atoms. The van der Waals surface area contributed by atoms with E-state index in [1.807, 2.05) is 6.92 Å². The van der Waals surface area contributed by atoms with Gasteiger partial charge in [0.2, 0.25) is 0 Å². The van der Waals surface area contributed by atoms with Crippen LogP contribution in [0.5, 0.6) is 0 Å². The van der Waals surface area contributed by atoms with Crippen molar-refractivity contribution >= 4 is 11.9 Å². The van der Waals surface area contributed by atoms with E-state index in [0.29, 0.717) is 11.1 Å². The van der Waals surface area contributed by atoms with Crippen LogP contribution in [0, 0.1) is 6.92 Å². The molecule has 1 fully saturated rings. The highest BCUT2D eigenvalue weighted by atomic mass is 16.6. The molecule has 0 amide bonds. The number of hydrogen-bond acceptors (Lipinski definition) is 3. The summed E-state index contributed by atoms with van der Waals surface area (Å²) in [6.07, 6.45) is 9.00. The van der Waals surface area contributed by atoms with Crippen LogP contribution in [0.2, 0.25) is 0 Å². The summed E-state index contributed by atoms with van der Waals surface area (Å²) in [7, 11) is 0. The van der Waals surface area contributed by atoms with Crippen LogP contribution in [0.3, 0.4) is 0 Å². The summed E-state index contributed by atoms with van der Waals surface area (Å²) in [5, 5.41) is 0. The van der Waals surface area contributed by atoms with E-state index < -0.39 is 11.9 Å². The molecule has 3 nitrogen and oxygen atoms in total. The van der Waals surface area contributed by atoms with Crippen molar-refractivity contribution in [2.45, 2.75) is 45.4 Å². The summed E-state index contributed by atoms with van der Waals surface area (Å²) in [5.41, 5.74) is 1.69. The Balaban J connectivity index is 0.000000169. The van der Waals surface area contributed by atoms with Crippen molar-refractivity contribution in [3.8, 4) is 0 Å². The van der Waals surface area contributed by atoms with E-state index in [9.17, 15) is 9.59 Å². The molecular weight excluding hydrogens is 228 g/mol. The summed E-state index contributed by atoms with van der Waals surface area (Å²) in [6, 6.07) is 5.04. The first-order valence-electron chi connectivity index (χ1n) is 6.55. The molecule has 0 atom stereocenters. The van der Waals surface area contributed by atoms with E-state index >= 15 is 0 Å². The molecule has 1 aliphatic carbocycles. The van der Waals surface area contributed by atoms with Crippen molar-refractivity contribution in [1.29, 1.82) is 0 Å². The number of aryl methyl sites for hydroxylation is 1. The molecule has 0 saturated heterocycles. The average Bonchev–Trinajstić information content (AvgIpc) is 2.67. The number of benzene rings is 1. The number of esters is 2. The van der Waals surface area contributed by atoms with E-state index in [4.69, 9.17) is 0 Å². The summed E-state index contributed by atoms with van der Waals surface area (Å²) in [5.74, 6) is -1.09. The lowest BCUT2D eigenvalue weighted by Gasteiger charge is -2.05. The third kappa shape index (κ3) is 2.97. The molecule has 1 saturated carbocycles. The zero-order valence-electron chi connectivity index (χ0n) is 10.7. The van der Waals surface area contributed by atoms with E-state index in [1.165, 1.54) is 38.5 Å².